The first-order chi connectivity index (χ1) is 8.07. The molecule has 1 N–H and O–H groups in total. The van der Waals surface area contributed by atoms with Gasteiger partial charge in [-0.25, -0.2) is 0 Å². The SMILES string of the molecule is CS[C@@H](C)C(=O)C1=C(O)c2ccccc2C1=O. The van der Waals surface area contributed by atoms with Crippen LogP contribution in [0.4, 0.5) is 0 Å². The fraction of sp³-hybridized carbons (Fsp3) is 0.231. The van der Waals surface area contributed by atoms with Gasteiger partial charge in [0.15, 0.2) is 5.78 Å². The van der Waals surface area contributed by atoms with Crippen molar-refractivity contribution in [3.05, 3.63) is 41.0 Å². The average Bonchev–Trinajstić information content (AvgIpc) is 2.61. The Hall–Kier alpha value is -1.55. The van der Waals surface area contributed by atoms with E-state index in [-0.39, 0.29) is 28.1 Å². The van der Waals surface area contributed by atoms with Gasteiger partial charge in [-0.3, -0.25) is 9.59 Å². The van der Waals surface area contributed by atoms with Crippen LogP contribution in [0.15, 0.2) is 29.8 Å². The van der Waals surface area contributed by atoms with Crippen molar-refractivity contribution in [2.24, 2.45) is 0 Å². The molecule has 3 nitrogen and oxygen atoms in total. The van der Waals surface area contributed by atoms with Crippen LogP contribution in [0.3, 0.4) is 0 Å². The molecular formula is C13H12O3S. The van der Waals surface area contributed by atoms with Crippen LogP contribution >= 0.6 is 11.8 Å². The molecule has 17 heavy (non-hydrogen) atoms. The molecule has 1 aromatic carbocycles. The van der Waals surface area contributed by atoms with Gasteiger partial charge in [0.1, 0.15) is 11.3 Å². The van der Waals surface area contributed by atoms with Crippen LogP contribution < -0.4 is 0 Å². The summed E-state index contributed by atoms with van der Waals surface area (Å²) in [5, 5.41) is 9.63. The van der Waals surface area contributed by atoms with Gasteiger partial charge in [0, 0.05) is 11.1 Å². The third-order valence-electron chi connectivity index (χ3n) is 2.86. The molecule has 1 aliphatic carbocycles. The van der Waals surface area contributed by atoms with E-state index in [1.165, 1.54) is 11.8 Å². The third-order valence-corrected chi connectivity index (χ3v) is 3.78. The van der Waals surface area contributed by atoms with Crippen LogP contribution in [-0.4, -0.2) is 28.2 Å². The van der Waals surface area contributed by atoms with Crippen molar-refractivity contribution in [3.8, 4) is 0 Å². The summed E-state index contributed by atoms with van der Waals surface area (Å²) in [6.07, 6.45) is 1.80. The van der Waals surface area contributed by atoms with Crippen LogP contribution in [0, 0.1) is 0 Å². The molecule has 0 saturated carbocycles. The standard InChI is InChI=1S/C13H12O3S/c1-7(17-2)11(14)10-12(15)8-5-3-4-6-9(8)13(10)16/h3-7,15H,1-2H3/t7-/m0/s1. The molecular weight excluding hydrogens is 236 g/mol. The van der Waals surface area contributed by atoms with Crippen LogP contribution in [0.2, 0.25) is 0 Å². The van der Waals surface area contributed by atoms with Crippen molar-refractivity contribution in [2.75, 3.05) is 6.26 Å². The van der Waals surface area contributed by atoms with E-state index in [0.717, 1.165) is 0 Å². The zero-order valence-corrected chi connectivity index (χ0v) is 10.4. The predicted octanol–water partition coefficient (Wildman–Crippen LogP) is 2.47. The van der Waals surface area contributed by atoms with Gasteiger partial charge in [-0.05, 0) is 13.2 Å². The fourth-order valence-corrected chi connectivity index (χ4v) is 2.14. The third kappa shape index (κ3) is 1.78. The molecule has 0 radical (unpaired) electrons. The molecule has 0 unspecified atom stereocenters. The number of benzene rings is 1. The largest absolute Gasteiger partial charge is 0.506 e. The molecule has 88 valence electrons. The summed E-state index contributed by atoms with van der Waals surface area (Å²) in [7, 11) is 0. The van der Waals surface area contributed by atoms with Crippen LogP contribution in [0.5, 0.6) is 0 Å². The highest BCUT2D eigenvalue weighted by Gasteiger charge is 2.35. The van der Waals surface area contributed by atoms with Crippen LogP contribution in [0.25, 0.3) is 5.76 Å². The normalized spacial score (nSPS) is 16.0. The number of thioether (sulfide) groups is 1. The smallest absolute Gasteiger partial charge is 0.201 e. The lowest BCUT2D eigenvalue weighted by atomic mass is 10.0. The molecule has 1 aliphatic rings. The van der Waals surface area contributed by atoms with Gasteiger partial charge in [0.2, 0.25) is 5.78 Å². The first-order valence-corrected chi connectivity index (χ1v) is 6.51. The number of allylic oxidation sites excluding steroid dienone is 1. The van der Waals surface area contributed by atoms with Gasteiger partial charge in [-0.2, -0.15) is 11.8 Å². The number of carbonyl (C=O) groups is 2. The van der Waals surface area contributed by atoms with Gasteiger partial charge in [0.25, 0.3) is 0 Å². The van der Waals surface area contributed by atoms with E-state index in [4.69, 9.17) is 0 Å². The number of rotatable bonds is 3. The van der Waals surface area contributed by atoms with Crippen molar-refractivity contribution < 1.29 is 14.7 Å². The van der Waals surface area contributed by atoms with Crippen molar-refractivity contribution in [2.45, 2.75) is 12.2 Å². The lowest BCUT2D eigenvalue weighted by Gasteiger charge is -2.06. The van der Waals surface area contributed by atoms with Gasteiger partial charge in [0.05, 0.1) is 5.25 Å². The van der Waals surface area contributed by atoms with Crippen LogP contribution in [0.1, 0.15) is 22.8 Å². The topological polar surface area (TPSA) is 54.4 Å². The van der Waals surface area contributed by atoms with Crippen molar-refractivity contribution in [1.29, 1.82) is 0 Å². The highest BCUT2D eigenvalue weighted by Crippen LogP contribution is 2.32. The highest BCUT2D eigenvalue weighted by molar-refractivity contribution is 7.99. The summed E-state index contributed by atoms with van der Waals surface area (Å²) in [6.45, 7) is 1.73. The number of fused-ring (bicyclic) bond motifs is 1. The van der Waals surface area contributed by atoms with E-state index in [1.807, 2.05) is 0 Å². The van der Waals surface area contributed by atoms with Crippen molar-refractivity contribution in [1.82, 2.24) is 0 Å². The van der Waals surface area contributed by atoms with Gasteiger partial charge >= 0.3 is 0 Å². The number of Topliss-reactive ketones (excluding diaryl/α,β-unsaturated/α-hetero) is 2. The minimum atomic E-state index is -0.371. The predicted molar refractivity (Wildman–Crippen MR) is 68.3 cm³/mol. The van der Waals surface area contributed by atoms with E-state index in [0.29, 0.717) is 11.1 Å². The summed E-state index contributed by atoms with van der Waals surface area (Å²) < 4.78 is 0. The molecule has 4 heteroatoms. The number of carbonyl (C=O) groups excluding carboxylic acids is 2. The monoisotopic (exact) mass is 248 g/mol. The first kappa shape index (κ1) is 11.9. The van der Waals surface area contributed by atoms with Crippen molar-refractivity contribution in [3.63, 3.8) is 0 Å². The molecule has 0 spiro atoms. The lowest BCUT2D eigenvalue weighted by Crippen LogP contribution is -2.19. The molecule has 0 heterocycles. The summed E-state index contributed by atoms with van der Waals surface area (Å²) in [4.78, 5) is 24.0. The Morgan fingerprint density at radius 2 is 1.88 bits per heavy atom. The second-order valence-electron chi connectivity index (χ2n) is 3.84. The number of aliphatic hydroxyl groups excluding tert-OH is 1. The molecule has 0 aliphatic heterocycles. The maximum absolute atomic E-state index is 12.0. The number of hydrogen-bond donors (Lipinski definition) is 1. The molecule has 1 aromatic rings. The second kappa shape index (κ2) is 4.37. The second-order valence-corrected chi connectivity index (χ2v) is 5.02. The molecule has 0 bridgehead atoms. The molecule has 1 atom stereocenters. The average molecular weight is 248 g/mol. The summed E-state index contributed by atoms with van der Waals surface area (Å²) >= 11 is 1.36. The summed E-state index contributed by atoms with van der Waals surface area (Å²) in [5.74, 6) is -0.864. The quantitative estimate of drug-likeness (QED) is 0.835. The Morgan fingerprint density at radius 1 is 1.29 bits per heavy atom. The van der Waals surface area contributed by atoms with Gasteiger partial charge < -0.3 is 5.11 Å². The number of aliphatic hydroxyl groups is 1. The van der Waals surface area contributed by atoms with E-state index >= 15 is 0 Å². The zero-order valence-electron chi connectivity index (χ0n) is 9.56. The summed E-state index contributed by atoms with van der Waals surface area (Å²) in [5.41, 5.74) is 0.781. The Kier molecular flexibility index (Phi) is 3.07. The Bertz CT molecular complexity index is 531. The Balaban J connectivity index is 2.49. The molecule has 0 aromatic heterocycles. The minimum Gasteiger partial charge on any atom is -0.506 e. The van der Waals surface area contributed by atoms with Gasteiger partial charge in [-0.1, -0.05) is 24.3 Å². The maximum atomic E-state index is 12.0. The van der Waals surface area contributed by atoms with Crippen LogP contribution in [-0.2, 0) is 4.79 Å². The Morgan fingerprint density at radius 3 is 2.41 bits per heavy atom. The number of hydrogen-bond acceptors (Lipinski definition) is 4. The van der Waals surface area contributed by atoms with Gasteiger partial charge in [-0.15, -0.1) is 0 Å². The van der Waals surface area contributed by atoms with E-state index in [9.17, 15) is 14.7 Å². The molecule has 0 amide bonds. The van der Waals surface area contributed by atoms with Crippen molar-refractivity contribution >= 4 is 29.1 Å². The highest BCUT2D eigenvalue weighted by atomic mass is 32.2. The van der Waals surface area contributed by atoms with E-state index < -0.39 is 0 Å². The maximum Gasteiger partial charge on any atom is 0.201 e. The van der Waals surface area contributed by atoms with E-state index in [2.05, 4.69) is 0 Å². The Labute approximate surface area is 104 Å². The fourth-order valence-electron chi connectivity index (χ4n) is 1.80. The lowest BCUT2D eigenvalue weighted by molar-refractivity contribution is -0.114. The molecule has 0 saturated heterocycles. The zero-order chi connectivity index (χ0) is 12.6. The molecule has 2 rings (SSSR count). The number of ketones is 2. The first-order valence-electron chi connectivity index (χ1n) is 5.22. The molecule has 0 fully saturated rings. The van der Waals surface area contributed by atoms with E-state index in [1.54, 1.807) is 37.4 Å². The minimum absolute atomic E-state index is 0.0759. The summed E-state index contributed by atoms with van der Waals surface area (Å²) in [6, 6.07) is 6.72.